The minimum absolute atomic E-state index is 0.0853. The maximum absolute atomic E-state index is 12.7. The van der Waals surface area contributed by atoms with E-state index in [2.05, 4.69) is 5.32 Å². The highest BCUT2D eigenvalue weighted by Gasteiger charge is 2.50. The van der Waals surface area contributed by atoms with Gasteiger partial charge in [-0.1, -0.05) is 25.7 Å². The summed E-state index contributed by atoms with van der Waals surface area (Å²) in [5.41, 5.74) is -0.602. The molecule has 0 aromatic carbocycles. The highest BCUT2D eigenvalue weighted by atomic mass is 16.2. The number of carbonyl (C=O) groups excluding carboxylic acids is 2. The Labute approximate surface area is 121 Å². The van der Waals surface area contributed by atoms with E-state index in [9.17, 15) is 9.59 Å². The molecule has 2 amide bonds. The fourth-order valence-corrected chi connectivity index (χ4v) is 4.27. The van der Waals surface area contributed by atoms with Crippen molar-refractivity contribution in [2.45, 2.75) is 88.8 Å². The Hall–Kier alpha value is -1.06. The monoisotopic (exact) mass is 278 g/mol. The van der Waals surface area contributed by atoms with E-state index in [0.29, 0.717) is 24.9 Å². The van der Waals surface area contributed by atoms with Crippen LogP contribution in [0.25, 0.3) is 0 Å². The normalized spacial score (nSPS) is 32.2. The molecule has 2 saturated carbocycles. The van der Waals surface area contributed by atoms with Crippen LogP contribution in [0.5, 0.6) is 0 Å². The van der Waals surface area contributed by atoms with Crippen LogP contribution in [0.1, 0.15) is 71.1 Å². The molecule has 1 saturated heterocycles. The topological polar surface area (TPSA) is 49.4 Å². The first kappa shape index (κ1) is 13.9. The van der Waals surface area contributed by atoms with Crippen molar-refractivity contribution >= 4 is 11.8 Å². The first-order chi connectivity index (χ1) is 9.61. The summed E-state index contributed by atoms with van der Waals surface area (Å²) in [4.78, 5) is 26.9. The first-order valence-corrected chi connectivity index (χ1v) is 8.24. The number of nitrogens with zero attached hydrogens (tertiary/aromatic N) is 1. The largest absolute Gasteiger partial charge is 0.351 e. The molecule has 0 aromatic rings. The molecule has 1 aliphatic heterocycles. The van der Waals surface area contributed by atoms with Crippen molar-refractivity contribution < 1.29 is 9.59 Å². The lowest BCUT2D eigenvalue weighted by molar-refractivity contribution is -0.143. The van der Waals surface area contributed by atoms with Gasteiger partial charge in [0.1, 0.15) is 5.54 Å². The third-order valence-corrected chi connectivity index (χ3v) is 5.50. The SMILES string of the molecule is CC1(C(=O)NC2CCCC2)CCC(=O)N1C1CCCC1. The van der Waals surface area contributed by atoms with Crippen molar-refractivity contribution in [1.29, 1.82) is 0 Å². The molecule has 4 heteroatoms. The molecule has 0 aromatic heterocycles. The minimum Gasteiger partial charge on any atom is -0.351 e. The molecule has 112 valence electrons. The van der Waals surface area contributed by atoms with Gasteiger partial charge in [-0.15, -0.1) is 0 Å². The summed E-state index contributed by atoms with van der Waals surface area (Å²) in [5.74, 6) is 0.267. The van der Waals surface area contributed by atoms with Gasteiger partial charge in [0.05, 0.1) is 0 Å². The second-order valence-corrected chi connectivity index (χ2v) is 6.93. The van der Waals surface area contributed by atoms with E-state index in [1.165, 1.54) is 25.7 Å². The van der Waals surface area contributed by atoms with E-state index in [4.69, 9.17) is 0 Å². The van der Waals surface area contributed by atoms with Crippen molar-refractivity contribution in [3.05, 3.63) is 0 Å². The molecule has 20 heavy (non-hydrogen) atoms. The summed E-state index contributed by atoms with van der Waals surface area (Å²) in [6, 6.07) is 0.629. The molecule has 1 unspecified atom stereocenters. The zero-order valence-electron chi connectivity index (χ0n) is 12.5. The average Bonchev–Trinajstić information content (AvgIpc) is 3.12. The fourth-order valence-electron chi connectivity index (χ4n) is 4.27. The highest BCUT2D eigenvalue weighted by molar-refractivity contribution is 5.94. The van der Waals surface area contributed by atoms with Gasteiger partial charge in [-0.2, -0.15) is 0 Å². The summed E-state index contributed by atoms with van der Waals surface area (Å²) in [6.45, 7) is 1.97. The third kappa shape index (κ3) is 2.33. The van der Waals surface area contributed by atoms with Gasteiger partial charge >= 0.3 is 0 Å². The molecule has 3 rings (SSSR count). The van der Waals surface area contributed by atoms with Gasteiger partial charge < -0.3 is 10.2 Å². The van der Waals surface area contributed by atoms with Crippen molar-refractivity contribution in [3.63, 3.8) is 0 Å². The summed E-state index contributed by atoms with van der Waals surface area (Å²) in [5, 5.41) is 3.20. The Morgan fingerprint density at radius 2 is 1.75 bits per heavy atom. The van der Waals surface area contributed by atoms with E-state index in [1.807, 2.05) is 11.8 Å². The predicted molar refractivity (Wildman–Crippen MR) is 77.1 cm³/mol. The van der Waals surface area contributed by atoms with Crippen LogP contribution in [0, 0.1) is 0 Å². The molecule has 3 aliphatic rings. The average molecular weight is 278 g/mol. The zero-order chi connectivity index (χ0) is 14.2. The Kier molecular flexibility index (Phi) is 3.74. The van der Waals surface area contributed by atoms with E-state index in [1.54, 1.807) is 0 Å². The first-order valence-electron chi connectivity index (χ1n) is 8.24. The van der Waals surface area contributed by atoms with Crippen LogP contribution in [0.3, 0.4) is 0 Å². The quantitative estimate of drug-likeness (QED) is 0.861. The van der Waals surface area contributed by atoms with E-state index in [-0.39, 0.29) is 11.8 Å². The van der Waals surface area contributed by atoms with Crippen LogP contribution in [0.15, 0.2) is 0 Å². The molecule has 0 bridgehead atoms. The molecule has 0 spiro atoms. The molecule has 1 atom stereocenters. The lowest BCUT2D eigenvalue weighted by Gasteiger charge is -2.39. The molecule has 3 fully saturated rings. The van der Waals surface area contributed by atoms with Crippen molar-refractivity contribution in [3.8, 4) is 0 Å². The summed E-state index contributed by atoms with van der Waals surface area (Å²) >= 11 is 0. The maximum Gasteiger partial charge on any atom is 0.245 e. The second kappa shape index (κ2) is 5.38. The van der Waals surface area contributed by atoms with Crippen LogP contribution < -0.4 is 5.32 Å². The standard InChI is InChI=1S/C16H26N2O2/c1-16(15(20)17-12-6-2-3-7-12)11-10-14(19)18(16)13-8-4-5-9-13/h12-13H,2-11H2,1H3,(H,17,20). The maximum atomic E-state index is 12.7. The van der Waals surface area contributed by atoms with Gasteiger partial charge in [-0.05, 0) is 39.0 Å². The van der Waals surface area contributed by atoms with Gasteiger partial charge in [-0.3, -0.25) is 9.59 Å². The molecule has 4 nitrogen and oxygen atoms in total. The molecule has 1 N–H and O–H groups in total. The Balaban J connectivity index is 1.73. The number of hydrogen-bond donors (Lipinski definition) is 1. The van der Waals surface area contributed by atoms with Gasteiger partial charge in [0.2, 0.25) is 11.8 Å². The molecule has 1 heterocycles. The Morgan fingerprint density at radius 3 is 2.40 bits per heavy atom. The van der Waals surface area contributed by atoms with Gasteiger partial charge in [0.15, 0.2) is 0 Å². The van der Waals surface area contributed by atoms with Crippen LogP contribution in [0.2, 0.25) is 0 Å². The third-order valence-electron chi connectivity index (χ3n) is 5.50. The van der Waals surface area contributed by atoms with Crippen LogP contribution >= 0.6 is 0 Å². The van der Waals surface area contributed by atoms with Gasteiger partial charge in [0.25, 0.3) is 0 Å². The van der Waals surface area contributed by atoms with Crippen molar-refractivity contribution in [2.24, 2.45) is 0 Å². The van der Waals surface area contributed by atoms with Crippen LogP contribution in [-0.2, 0) is 9.59 Å². The van der Waals surface area contributed by atoms with E-state index in [0.717, 1.165) is 25.7 Å². The summed E-state index contributed by atoms with van der Waals surface area (Å²) in [6.07, 6.45) is 10.4. The molecular weight excluding hydrogens is 252 g/mol. The lowest BCUT2D eigenvalue weighted by Crippen LogP contribution is -2.58. The van der Waals surface area contributed by atoms with Crippen molar-refractivity contribution in [1.82, 2.24) is 10.2 Å². The fraction of sp³-hybridized carbons (Fsp3) is 0.875. The molecular formula is C16H26N2O2. The number of nitrogens with one attached hydrogen (secondary N) is 1. The second-order valence-electron chi connectivity index (χ2n) is 6.93. The van der Waals surface area contributed by atoms with Crippen LogP contribution in [-0.4, -0.2) is 34.3 Å². The smallest absolute Gasteiger partial charge is 0.245 e. The Morgan fingerprint density at radius 1 is 1.15 bits per heavy atom. The number of rotatable bonds is 3. The number of likely N-dealkylation sites (tertiary alicyclic amines) is 1. The number of hydrogen-bond acceptors (Lipinski definition) is 2. The van der Waals surface area contributed by atoms with E-state index < -0.39 is 5.54 Å². The number of amides is 2. The predicted octanol–water partition coefficient (Wildman–Crippen LogP) is 2.37. The summed E-state index contributed by atoms with van der Waals surface area (Å²) < 4.78 is 0. The minimum atomic E-state index is -0.602. The number of carbonyl (C=O) groups is 2. The summed E-state index contributed by atoms with van der Waals surface area (Å²) in [7, 11) is 0. The zero-order valence-corrected chi connectivity index (χ0v) is 12.5. The van der Waals surface area contributed by atoms with Crippen molar-refractivity contribution in [2.75, 3.05) is 0 Å². The molecule has 0 radical (unpaired) electrons. The van der Waals surface area contributed by atoms with Gasteiger partial charge in [0, 0.05) is 18.5 Å². The molecule has 2 aliphatic carbocycles. The Bertz CT molecular complexity index is 397. The van der Waals surface area contributed by atoms with Crippen LogP contribution in [0.4, 0.5) is 0 Å². The lowest BCUT2D eigenvalue weighted by atomic mass is 9.95. The van der Waals surface area contributed by atoms with Gasteiger partial charge in [-0.25, -0.2) is 0 Å². The highest BCUT2D eigenvalue weighted by Crippen LogP contribution is 2.37. The van der Waals surface area contributed by atoms with E-state index >= 15 is 0 Å².